The number of para-hydroxylation sites is 1. The quantitative estimate of drug-likeness (QED) is 0.800. The van der Waals surface area contributed by atoms with Crippen LogP contribution >= 0.6 is 0 Å². The van der Waals surface area contributed by atoms with E-state index in [0.29, 0.717) is 6.54 Å². The largest absolute Gasteiger partial charge is 0.311 e. The number of fused-ring (bicyclic) bond motifs is 1. The minimum atomic E-state index is -3.32. The second-order valence-corrected chi connectivity index (χ2v) is 6.53. The number of benzene rings is 1. The molecule has 18 heavy (non-hydrogen) atoms. The summed E-state index contributed by atoms with van der Waals surface area (Å²) in [4.78, 5) is 13.7. The van der Waals surface area contributed by atoms with Crippen molar-refractivity contribution in [2.24, 2.45) is 0 Å². The van der Waals surface area contributed by atoms with Gasteiger partial charge in [-0.1, -0.05) is 18.2 Å². The van der Waals surface area contributed by atoms with Crippen LogP contribution in [-0.4, -0.2) is 45.0 Å². The fourth-order valence-electron chi connectivity index (χ4n) is 1.99. The molecule has 1 aromatic rings. The van der Waals surface area contributed by atoms with Gasteiger partial charge in [0.1, 0.15) is 0 Å². The lowest BCUT2D eigenvalue weighted by molar-refractivity contribution is -0.118. The minimum Gasteiger partial charge on any atom is -0.311 e. The smallest absolute Gasteiger partial charge is 0.242 e. The van der Waals surface area contributed by atoms with Gasteiger partial charge in [-0.2, -0.15) is 4.31 Å². The van der Waals surface area contributed by atoms with E-state index in [0.717, 1.165) is 28.2 Å². The number of hydrogen-bond acceptors (Lipinski definition) is 3. The number of rotatable bonds is 3. The molecule has 98 valence electrons. The van der Waals surface area contributed by atoms with Gasteiger partial charge in [0.2, 0.25) is 15.9 Å². The SMILES string of the molecule is CN(CC(=O)N1CCc2ccccc21)S(C)(=O)=O. The van der Waals surface area contributed by atoms with E-state index >= 15 is 0 Å². The molecule has 0 N–H and O–H groups in total. The van der Waals surface area contributed by atoms with Crippen LogP contribution in [0.3, 0.4) is 0 Å². The van der Waals surface area contributed by atoms with Gasteiger partial charge in [0, 0.05) is 19.3 Å². The highest BCUT2D eigenvalue weighted by atomic mass is 32.2. The Morgan fingerprint density at radius 3 is 2.72 bits per heavy atom. The summed E-state index contributed by atoms with van der Waals surface area (Å²) in [6, 6.07) is 7.70. The summed E-state index contributed by atoms with van der Waals surface area (Å²) in [5.41, 5.74) is 2.03. The van der Waals surface area contributed by atoms with Crippen molar-refractivity contribution in [3.05, 3.63) is 29.8 Å². The number of hydrogen-bond donors (Lipinski definition) is 0. The highest BCUT2D eigenvalue weighted by molar-refractivity contribution is 7.88. The van der Waals surface area contributed by atoms with Gasteiger partial charge in [-0.25, -0.2) is 8.42 Å². The highest BCUT2D eigenvalue weighted by Gasteiger charge is 2.26. The molecule has 2 rings (SSSR count). The van der Waals surface area contributed by atoms with E-state index in [4.69, 9.17) is 0 Å². The lowest BCUT2D eigenvalue weighted by Gasteiger charge is -2.20. The van der Waals surface area contributed by atoms with E-state index in [-0.39, 0.29) is 12.5 Å². The molecule has 0 atom stereocenters. The van der Waals surface area contributed by atoms with Gasteiger partial charge in [-0.15, -0.1) is 0 Å². The molecular weight excluding hydrogens is 252 g/mol. The summed E-state index contributed by atoms with van der Waals surface area (Å²) >= 11 is 0. The molecular formula is C12H16N2O3S. The number of likely N-dealkylation sites (N-methyl/N-ethyl adjacent to an activating group) is 1. The maximum atomic E-state index is 12.1. The predicted octanol–water partition coefficient (Wildman–Crippen LogP) is 0.467. The van der Waals surface area contributed by atoms with Crippen molar-refractivity contribution >= 4 is 21.6 Å². The zero-order valence-corrected chi connectivity index (χ0v) is 11.3. The zero-order chi connectivity index (χ0) is 13.3. The lowest BCUT2D eigenvalue weighted by Crippen LogP contribution is -2.40. The maximum absolute atomic E-state index is 12.1. The highest BCUT2D eigenvalue weighted by Crippen LogP contribution is 2.27. The van der Waals surface area contributed by atoms with Crippen molar-refractivity contribution in [1.29, 1.82) is 0 Å². The van der Waals surface area contributed by atoms with Crippen molar-refractivity contribution in [3.63, 3.8) is 0 Å². The summed E-state index contributed by atoms with van der Waals surface area (Å²) < 4.78 is 23.6. The number of sulfonamides is 1. The first-order valence-electron chi connectivity index (χ1n) is 5.69. The number of amides is 1. The Labute approximate surface area is 107 Å². The van der Waals surface area contributed by atoms with Crippen LogP contribution in [0.15, 0.2) is 24.3 Å². The van der Waals surface area contributed by atoms with Crippen molar-refractivity contribution in [1.82, 2.24) is 4.31 Å². The fraction of sp³-hybridized carbons (Fsp3) is 0.417. The minimum absolute atomic E-state index is 0.118. The Hall–Kier alpha value is -1.40. The third-order valence-electron chi connectivity index (χ3n) is 3.11. The van der Waals surface area contributed by atoms with Gasteiger partial charge in [-0.3, -0.25) is 4.79 Å². The third kappa shape index (κ3) is 2.54. The van der Waals surface area contributed by atoms with Crippen molar-refractivity contribution in [2.45, 2.75) is 6.42 Å². The van der Waals surface area contributed by atoms with Crippen molar-refractivity contribution < 1.29 is 13.2 Å². The molecule has 6 heteroatoms. The molecule has 0 radical (unpaired) electrons. The zero-order valence-electron chi connectivity index (χ0n) is 10.5. The molecule has 0 aliphatic carbocycles. The van der Waals surface area contributed by atoms with Gasteiger partial charge in [0.25, 0.3) is 0 Å². The van der Waals surface area contributed by atoms with E-state index < -0.39 is 10.0 Å². The van der Waals surface area contributed by atoms with Gasteiger partial charge in [0.15, 0.2) is 0 Å². The monoisotopic (exact) mass is 268 g/mol. The summed E-state index contributed by atoms with van der Waals surface area (Å²) in [5.74, 6) is -0.187. The van der Waals surface area contributed by atoms with E-state index in [1.165, 1.54) is 7.05 Å². The van der Waals surface area contributed by atoms with Gasteiger partial charge < -0.3 is 4.90 Å². The first kappa shape index (κ1) is 13.0. The number of carbonyl (C=O) groups is 1. The summed E-state index contributed by atoms with van der Waals surface area (Å²) in [6.45, 7) is 0.503. The van der Waals surface area contributed by atoms with Crippen molar-refractivity contribution in [3.8, 4) is 0 Å². The van der Waals surface area contributed by atoms with E-state index in [1.807, 2.05) is 24.3 Å². The Kier molecular flexibility index (Phi) is 3.41. The lowest BCUT2D eigenvalue weighted by atomic mass is 10.2. The first-order chi connectivity index (χ1) is 8.39. The molecule has 0 aromatic heterocycles. The molecule has 0 fully saturated rings. The Bertz CT molecular complexity index is 568. The summed E-state index contributed by atoms with van der Waals surface area (Å²) in [7, 11) is -1.91. The number of nitrogens with zero attached hydrogens (tertiary/aromatic N) is 2. The molecule has 0 saturated heterocycles. The van der Waals surface area contributed by atoms with Crippen LogP contribution in [0.25, 0.3) is 0 Å². The molecule has 5 nitrogen and oxygen atoms in total. The molecule has 0 saturated carbocycles. The van der Waals surface area contributed by atoms with Gasteiger partial charge in [-0.05, 0) is 18.1 Å². The molecule has 1 amide bonds. The Morgan fingerprint density at radius 2 is 2.06 bits per heavy atom. The summed E-state index contributed by atoms with van der Waals surface area (Å²) in [6.07, 6.45) is 1.92. The normalized spacial score (nSPS) is 14.9. The van der Waals surface area contributed by atoms with Crippen LogP contribution in [0.4, 0.5) is 5.69 Å². The molecule has 1 aliphatic heterocycles. The van der Waals surface area contributed by atoms with Crippen molar-refractivity contribution in [2.75, 3.05) is 31.3 Å². The number of carbonyl (C=O) groups excluding carboxylic acids is 1. The van der Waals surface area contributed by atoms with Gasteiger partial charge >= 0.3 is 0 Å². The summed E-state index contributed by atoms with van der Waals surface area (Å²) in [5, 5.41) is 0. The molecule has 1 aliphatic rings. The topological polar surface area (TPSA) is 57.7 Å². The van der Waals surface area contributed by atoms with Crippen LogP contribution in [-0.2, 0) is 21.2 Å². The first-order valence-corrected chi connectivity index (χ1v) is 7.54. The molecule has 0 bridgehead atoms. The van der Waals surface area contributed by atoms with E-state index in [1.54, 1.807) is 4.90 Å². The average Bonchev–Trinajstić information content (AvgIpc) is 2.71. The predicted molar refractivity (Wildman–Crippen MR) is 70.0 cm³/mol. The standard InChI is InChI=1S/C12H16N2O3S/c1-13(18(2,16)17)9-12(15)14-8-7-10-5-3-4-6-11(10)14/h3-6H,7-9H2,1-2H3. The third-order valence-corrected chi connectivity index (χ3v) is 4.37. The Morgan fingerprint density at radius 1 is 1.39 bits per heavy atom. The number of anilines is 1. The van der Waals surface area contributed by atoms with Crippen LogP contribution in [0.5, 0.6) is 0 Å². The molecule has 0 unspecified atom stereocenters. The van der Waals surface area contributed by atoms with Gasteiger partial charge in [0.05, 0.1) is 12.8 Å². The second-order valence-electron chi connectivity index (χ2n) is 4.44. The van der Waals surface area contributed by atoms with Crippen LogP contribution < -0.4 is 4.90 Å². The van der Waals surface area contributed by atoms with Crippen LogP contribution in [0.1, 0.15) is 5.56 Å². The second kappa shape index (κ2) is 4.70. The van der Waals surface area contributed by atoms with Crippen LogP contribution in [0.2, 0.25) is 0 Å². The fourth-order valence-corrected chi connectivity index (χ4v) is 2.34. The Balaban J connectivity index is 2.13. The molecule has 1 aromatic carbocycles. The van der Waals surface area contributed by atoms with E-state index in [9.17, 15) is 13.2 Å². The molecule has 1 heterocycles. The maximum Gasteiger partial charge on any atom is 0.242 e. The van der Waals surface area contributed by atoms with Crippen LogP contribution in [0, 0.1) is 0 Å². The van der Waals surface area contributed by atoms with E-state index in [2.05, 4.69) is 0 Å². The average molecular weight is 268 g/mol. The molecule has 0 spiro atoms.